The summed E-state index contributed by atoms with van der Waals surface area (Å²) in [6, 6.07) is 4.78. The molecule has 142 valence electrons. The van der Waals surface area contributed by atoms with Crippen LogP contribution in [0.5, 0.6) is 0 Å². The van der Waals surface area contributed by atoms with Gasteiger partial charge in [-0.05, 0) is 31.5 Å². The van der Waals surface area contributed by atoms with Crippen LogP contribution in [0.4, 0.5) is 0 Å². The van der Waals surface area contributed by atoms with Crippen LogP contribution in [0.25, 0.3) is 0 Å². The minimum Gasteiger partial charge on any atom is -0.382 e. The van der Waals surface area contributed by atoms with Crippen LogP contribution in [0, 0.1) is 0 Å². The average molecular weight is 503 g/mol. The topological polar surface area (TPSA) is 74.8 Å². The Balaban J connectivity index is 0.00000576. The van der Waals surface area contributed by atoms with Gasteiger partial charge in [0, 0.05) is 45.5 Å². The maximum Gasteiger partial charge on any atom is 0.251 e. The molecule has 0 unspecified atom stereocenters. The van der Waals surface area contributed by atoms with Crippen molar-refractivity contribution < 1.29 is 9.53 Å². The summed E-state index contributed by atoms with van der Waals surface area (Å²) in [6.07, 6.45) is 0.905. The van der Waals surface area contributed by atoms with E-state index in [0.717, 1.165) is 26.2 Å². The van der Waals surface area contributed by atoms with E-state index >= 15 is 0 Å². The molecular weight excluding hydrogens is 478 g/mol. The Kier molecular flexibility index (Phi) is 14.0. The second kappa shape index (κ2) is 14.4. The summed E-state index contributed by atoms with van der Waals surface area (Å²) in [7, 11) is 1.70. The number of hydrogen-bond acceptors (Lipinski definition) is 3. The molecular formula is C16H25Cl2IN4O2. The number of ether oxygens (including phenoxy) is 1. The van der Waals surface area contributed by atoms with Crippen molar-refractivity contribution >= 4 is 59.0 Å². The van der Waals surface area contributed by atoms with Gasteiger partial charge in [0.1, 0.15) is 0 Å². The highest BCUT2D eigenvalue weighted by atomic mass is 127. The second-order valence-electron chi connectivity index (χ2n) is 4.86. The molecule has 0 bridgehead atoms. The van der Waals surface area contributed by atoms with Gasteiger partial charge in [0.05, 0.1) is 10.0 Å². The number of guanidine groups is 1. The zero-order valence-electron chi connectivity index (χ0n) is 14.4. The van der Waals surface area contributed by atoms with Gasteiger partial charge in [0.25, 0.3) is 5.91 Å². The molecule has 0 spiro atoms. The molecule has 6 nitrogen and oxygen atoms in total. The molecule has 25 heavy (non-hydrogen) atoms. The number of rotatable bonds is 9. The number of nitrogens with zero attached hydrogens (tertiary/aromatic N) is 1. The summed E-state index contributed by atoms with van der Waals surface area (Å²) < 4.78 is 5.27. The molecule has 0 radical (unpaired) electrons. The first-order valence-corrected chi connectivity index (χ1v) is 8.59. The Morgan fingerprint density at radius 3 is 2.44 bits per heavy atom. The van der Waals surface area contributed by atoms with E-state index in [1.54, 1.807) is 25.2 Å². The molecule has 1 aromatic carbocycles. The van der Waals surface area contributed by atoms with Crippen molar-refractivity contribution in [3.8, 4) is 0 Å². The molecule has 0 aliphatic heterocycles. The summed E-state index contributed by atoms with van der Waals surface area (Å²) in [5, 5.41) is 9.89. The lowest BCUT2D eigenvalue weighted by atomic mass is 10.2. The quantitative estimate of drug-likeness (QED) is 0.210. The molecule has 9 heteroatoms. The van der Waals surface area contributed by atoms with Gasteiger partial charge in [-0.2, -0.15) is 0 Å². The van der Waals surface area contributed by atoms with Crippen LogP contribution in [0.1, 0.15) is 23.7 Å². The minimum absolute atomic E-state index is 0. The van der Waals surface area contributed by atoms with E-state index in [1.165, 1.54) is 0 Å². The van der Waals surface area contributed by atoms with Gasteiger partial charge in [0.2, 0.25) is 0 Å². The maximum absolute atomic E-state index is 12.0. The fourth-order valence-corrected chi connectivity index (χ4v) is 2.14. The van der Waals surface area contributed by atoms with Gasteiger partial charge < -0.3 is 20.7 Å². The third kappa shape index (κ3) is 10.1. The van der Waals surface area contributed by atoms with E-state index in [4.69, 9.17) is 27.9 Å². The van der Waals surface area contributed by atoms with Crippen molar-refractivity contribution in [2.24, 2.45) is 4.99 Å². The number of halogens is 3. The number of aliphatic imine (C=N–C) groups is 1. The zero-order chi connectivity index (χ0) is 17.8. The number of benzene rings is 1. The predicted molar refractivity (Wildman–Crippen MR) is 115 cm³/mol. The fourth-order valence-electron chi connectivity index (χ4n) is 1.84. The first kappa shape index (κ1) is 24.2. The number of hydrogen-bond donors (Lipinski definition) is 3. The van der Waals surface area contributed by atoms with Crippen LogP contribution in [0.2, 0.25) is 10.0 Å². The lowest BCUT2D eigenvalue weighted by molar-refractivity contribution is 0.0954. The predicted octanol–water partition coefficient (Wildman–Crippen LogP) is 2.93. The van der Waals surface area contributed by atoms with Crippen molar-refractivity contribution in [1.29, 1.82) is 0 Å². The van der Waals surface area contributed by atoms with Gasteiger partial charge in [-0.3, -0.25) is 9.79 Å². The Morgan fingerprint density at radius 1 is 1.12 bits per heavy atom. The Hall–Kier alpha value is -0.770. The maximum atomic E-state index is 12.0. The molecule has 0 aromatic heterocycles. The fraction of sp³-hybridized carbons (Fsp3) is 0.500. The largest absolute Gasteiger partial charge is 0.382 e. The van der Waals surface area contributed by atoms with Crippen LogP contribution in [-0.2, 0) is 4.74 Å². The molecule has 1 aromatic rings. The Labute approximate surface area is 176 Å². The minimum atomic E-state index is -0.199. The zero-order valence-corrected chi connectivity index (χ0v) is 18.2. The molecule has 0 saturated heterocycles. The van der Waals surface area contributed by atoms with E-state index in [2.05, 4.69) is 20.9 Å². The van der Waals surface area contributed by atoms with Crippen molar-refractivity contribution in [3.05, 3.63) is 33.8 Å². The summed E-state index contributed by atoms with van der Waals surface area (Å²) in [5.74, 6) is 0.491. The molecule has 0 aliphatic carbocycles. The molecule has 0 aliphatic rings. The molecule has 1 amide bonds. The number of carbonyl (C=O) groups is 1. The molecule has 1 rings (SSSR count). The number of amides is 1. The first-order chi connectivity index (χ1) is 11.6. The summed E-state index contributed by atoms with van der Waals surface area (Å²) >= 11 is 11.7. The average Bonchev–Trinajstić information content (AvgIpc) is 2.58. The standard InChI is InChI=1S/C16H24Cl2N4O2.HI/c1-3-24-10-4-7-21-16(19-2)22-9-8-20-15(23)12-5-6-13(17)14(18)11-12;/h5-6,11H,3-4,7-10H2,1-2H3,(H,20,23)(H2,19,21,22);1H. The summed E-state index contributed by atoms with van der Waals surface area (Å²) in [5.41, 5.74) is 0.475. The van der Waals surface area contributed by atoms with Gasteiger partial charge >= 0.3 is 0 Å². The highest BCUT2D eigenvalue weighted by Gasteiger charge is 2.07. The van der Waals surface area contributed by atoms with Gasteiger partial charge in [-0.1, -0.05) is 23.2 Å². The van der Waals surface area contributed by atoms with Gasteiger partial charge in [0.15, 0.2) is 5.96 Å². The molecule has 0 fully saturated rings. The van der Waals surface area contributed by atoms with E-state index in [1.807, 2.05) is 6.92 Å². The summed E-state index contributed by atoms with van der Waals surface area (Å²) in [4.78, 5) is 16.1. The first-order valence-electron chi connectivity index (χ1n) is 7.84. The summed E-state index contributed by atoms with van der Waals surface area (Å²) in [6.45, 7) is 5.21. The number of nitrogens with one attached hydrogen (secondary N) is 3. The monoisotopic (exact) mass is 502 g/mol. The lowest BCUT2D eigenvalue weighted by Crippen LogP contribution is -2.42. The Morgan fingerprint density at radius 2 is 1.80 bits per heavy atom. The number of carbonyl (C=O) groups excluding carboxylic acids is 1. The van der Waals surface area contributed by atoms with Crippen molar-refractivity contribution in [3.63, 3.8) is 0 Å². The van der Waals surface area contributed by atoms with E-state index in [9.17, 15) is 4.79 Å². The van der Waals surface area contributed by atoms with Crippen LogP contribution in [-0.4, -0.2) is 51.8 Å². The molecule has 0 heterocycles. The molecule has 0 saturated carbocycles. The van der Waals surface area contributed by atoms with Crippen LogP contribution in [0.15, 0.2) is 23.2 Å². The highest BCUT2D eigenvalue weighted by Crippen LogP contribution is 2.22. The van der Waals surface area contributed by atoms with Crippen molar-refractivity contribution in [1.82, 2.24) is 16.0 Å². The van der Waals surface area contributed by atoms with Crippen molar-refractivity contribution in [2.45, 2.75) is 13.3 Å². The van der Waals surface area contributed by atoms with Crippen LogP contribution >= 0.6 is 47.2 Å². The van der Waals surface area contributed by atoms with E-state index in [-0.39, 0.29) is 29.9 Å². The van der Waals surface area contributed by atoms with Crippen molar-refractivity contribution in [2.75, 3.05) is 39.9 Å². The SMILES string of the molecule is CCOCCCNC(=NC)NCCNC(=O)c1ccc(Cl)c(Cl)c1.I. The van der Waals surface area contributed by atoms with Gasteiger partial charge in [-0.25, -0.2) is 0 Å². The molecule has 0 atom stereocenters. The normalized spacial score (nSPS) is 10.8. The van der Waals surface area contributed by atoms with E-state index in [0.29, 0.717) is 34.7 Å². The Bertz CT molecular complexity index is 559. The second-order valence-corrected chi connectivity index (χ2v) is 5.68. The van der Waals surface area contributed by atoms with Crippen LogP contribution in [0.3, 0.4) is 0 Å². The van der Waals surface area contributed by atoms with Crippen LogP contribution < -0.4 is 16.0 Å². The third-order valence-electron chi connectivity index (χ3n) is 3.07. The third-order valence-corrected chi connectivity index (χ3v) is 3.81. The highest BCUT2D eigenvalue weighted by molar-refractivity contribution is 14.0. The van der Waals surface area contributed by atoms with Gasteiger partial charge in [-0.15, -0.1) is 24.0 Å². The molecule has 3 N–H and O–H groups in total. The smallest absolute Gasteiger partial charge is 0.251 e. The van der Waals surface area contributed by atoms with E-state index < -0.39 is 0 Å². The lowest BCUT2D eigenvalue weighted by Gasteiger charge is -2.12.